The second-order valence-electron chi connectivity index (χ2n) is 3.22. The van der Waals surface area contributed by atoms with Crippen molar-refractivity contribution in [3.05, 3.63) is 53.0 Å². The smallest absolute Gasteiger partial charge is 0.150 e. The molecule has 1 aromatic carbocycles. The van der Waals surface area contributed by atoms with Crippen molar-refractivity contribution in [2.75, 3.05) is 6.26 Å². The van der Waals surface area contributed by atoms with Gasteiger partial charge in [-0.25, -0.2) is 0 Å². The van der Waals surface area contributed by atoms with Crippen LogP contribution in [0.25, 0.3) is 5.57 Å². The third-order valence-electron chi connectivity index (χ3n) is 2.12. The first kappa shape index (κ1) is 15.7. The van der Waals surface area contributed by atoms with Crippen LogP contribution in [-0.4, -0.2) is 12.5 Å². The van der Waals surface area contributed by atoms with E-state index in [0.717, 1.165) is 17.4 Å². The number of thioether (sulfide) groups is 1. The first-order valence-corrected chi connectivity index (χ1v) is 6.86. The van der Waals surface area contributed by atoms with Crippen LogP contribution >= 0.6 is 11.8 Å². The Morgan fingerprint density at radius 2 is 1.76 bits per heavy atom. The highest BCUT2D eigenvalue weighted by molar-refractivity contribution is 8.02. The SMILES string of the molecule is C=C(/C=C(/C)SC)c1ccc(C=O)cc1.CC. The summed E-state index contributed by atoms with van der Waals surface area (Å²) in [5, 5.41) is 0. The Morgan fingerprint density at radius 3 is 2.18 bits per heavy atom. The molecule has 92 valence electrons. The summed E-state index contributed by atoms with van der Waals surface area (Å²) >= 11 is 1.70. The van der Waals surface area contributed by atoms with Crippen LogP contribution in [0.1, 0.15) is 36.7 Å². The monoisotopic (exact) mass is 248 g/mol. The Morgan fingerprint density at radius 1 is 1.24 bits per heavy atom. The lowest BCUT2D eigenvalue weighted by Crippen LogP contribution is -1.83. The van der Waals surface area contributed by atoms with Crippen LogP contribution in [0.4, 0.5) is 0 Å². The van der Waals surface area contributed by atoms with Gasteiger partial charge in [0.05, 0.1) is 0 Å². The van der Waals surface area contributed by atoms with Crippen molar-refractivity contribution >= 4 is 23.6 Å². The molecule has 0 saturated heterocycles. The molecule has 0 heterocycles. The molecule has 1 aromatic rings. The quantitative estimate of drug-likeness (QED) is 0.562. The maximum Gasteiger partial charge on any atom is 0.150 e. The van der Waals surface area contributed by atoms with E-state index >= 15 is 0 Å². The van der Waals surface area contributed by atoms with Crippen LogP contribution in [0.3, 0.4) is 0 Å². The van der Waals surface area contributed by atoms with Crippen LogP contribution < -0.4 is 0 Å². The number of allylic oxidation sites excluding steroid dienone is 3. The molecular weight excluding hydrogens is 228 g/mol. The Bertz CT molecular complexity index is 388. The zero-order valence-electron chi connectivity index (χ0n) is 11.0. The molecule has 1 rings (SSSR count). The van der Waals surface area contributed by atoms with Gasteiger partial charge in [0, 0.05) is 5.56 Å². The Hall–Kier alpha value is -1.28. The molecule has 0 fully saturated rings. The standard InChI is InChI=1S/C13H14OS.C2H6/c1-10(8-11(2)15-3)13-6-4-12(9-14)5-7-13;1-2/h4-9H,1H2,2-3H3;1-2H3/b11-8-;. The van der Waals surface area contributed by atoms with Crippen molar-refractivity contribution in [3.8, 4) is 0 Å². The summed E-state index contributed by atoms with van der Waals surface area (Å²) in [6, 6.07) is 7.43. The van der Waals surface area contributed by atoms with E-state index in [2.05, 4.69) is 13.5 Å². The zero-order valence-corrected chi connectivity index (χ0v) is 11.8. The topological polar surface area (TPSA) is 17.1 Å². The molecule has 17 heavy (non-hydrogen) atoms. The Labute approximate surface area is 109 Å². The van der Waals surface area contributed by atoms with Crippen LogP contribution in [-0.2, 0) is 0 Å². The molecule has 0 aliphatic heterocycles. The van der Waals surface area contributed by atoms with E-state index in [0.29, 0.717) is 5.56 Å². The molecule has 0 bridgehead atoms. The van der Waals surface area contributed by atoms with E-state index in [4.69, 9.17) is 0 Å². The number of hydrogen-bond acceptors (Lipinski definition) is 2. The lowest BCUT2D eigenvalue weighted by molar-refractivity contribution is 0.112. The molecule has 0 aliphatic carbocycles. The molecule has 1 nitrogen and oxygen atoms in total. The van der Waals surface area contributed by atoms with Gasteiger partial charge >= 0.3 is 0 Å². The average Bonchev–Trinajstić information content (AvgIpc) is 2.40. The van der Waals surface area contributed by atoms with Crippen LogP contribution in [0, 0.1) is 0 Å². The fourth-order valence-corrected chi connectivity index (χ4v) is 1.42. The Balaban J connectivity index is 0.00000121. The molecule has 0 amide bonds. The summed E-state index contributed by atoms with van der Waals surface area (Å²) in [4.78, 5) is 11.7. The molecule has 2 heteroatoms. The molecule has 0 radical (unpaired) electrons. The van der Waals surface area contributed by atoms with Crippen LogP contribution in [0.2, 0.25) is 0 Å². The molecule has 0 aromatic heterocycles. The number of hydrogen-bond donors (Lipinski definition) is 0. The van der Waals surface area contributed by atoms with Gasteiger partial charge in [-0.05, 0) is 35.3 Å². The lowest BCUT2D eigenvalue weighted by Gasteiger charge is -2.02. The van der Waals surface area contributed by atoms with Gasteiger partial charge in [-0.1, -0.05) is 44.7 Å². The summed E-state index contributed by atoms with van der Waals surface area (Å²) in [5.41, 5.74) is 2.71. The summed E-state index contributed by atoms with van der Waals surface area (Å²) in [6.45, 7) is 10.0. The fraction of sp³-hybridized carbons (Fsp3) is 0.267. The van der Waals surface area contributed by atoms with E-state index in [1.54, 1.807) is 23.9 Å². The largest absolute Gasteiger partial charge is 0.298 e. The minimum atomic E-state index is 0.692. The van der Waals surface area contributed by atoms with Crippen molar-refractivity contribution in [1.82, 2.24) is 0 Å². The van der Waals surface area contributed by atoms with E-state index in [1.165, 1.54) is 4.91 Å². The van der Waals surface area contributed by atoms with E-state index in [-0.39, 0.29) is 0 Å². The second kappa shape index (κ2) is 8.82. The highest BCUT2D eigenvalue weighted by atomic mass is 32.2. The number of carbonyl (C=O) groups excluding carboxylic acids is 1. The van der Waals surface area contributed by atoms with E-state index in [9.17, 15) is 4.79 Å². The molecule has 0 saturated carbocycles. The lowest BCUT2D eigenvalue weighted by atomic mass is 10.1. The third kappa shape index (κ3) is 5.55. The number of benzene rings is 1. The number of aldehydes is 1. The average molecular weight is 248 g/mol. The predicted molar refractivity (Wildman–Crippen MR) is 79.5 cm³/mol. The maximum atomic E-state index is 10.5. The minimum Gasteiger partial charge on any atom is -0.298 e. The van der Waals surface area contributed by atoms with E-state index in [1.807, 2.05) is 38.3 Å². The van der Waals surface area contributed by atoms with Gasteiger partial charge in [-0.15, -0.1) is 11.8 Å². The molecule has 0 N–H and O–H groups in total. The second-order valence-corrected chi connectivity index (χ2v) is 4.28. The fourth-order valence-electron chi connectivity index (χ4n) is 1.16. The van der Waals surface area contributed by atoms with Crippen molar-refractivity contribution < 1.29 is 4.79 Å². The van der Waals surface area contributed by atoms with Gasteiger partial charge in [-0.2, -0.15) is 0 Å². The normalized spacial score (nSPS) is 10.2. The number of carbonyl (C=O) groups is 1. The van der Waals surface area contributed by atoms with Gasteiger partial charge in [0.2, 0.25) is 0 Å². The number of rotatable bonds is 4. The van der Waals surface area contributed by atoms with Gasteiger partial charge < -0.3 is 0 Å². The molecule has 0 aliphatic rings. The van der Waals surface area contributed by atoms with Gasteiger partial charge in [0.15, 0.2) is 0 Å². The highest BCUT2D eigenvalue weighted by Crippen LogP contribution is 2.19. The van der Waals surface area contributed by atoms with Crippen molar-refractivity contribution in [3.63, 3.8) is 0 Å². The van der Waals surface area contributed by atoms with Crippen molar-refractivity contribution in [1.29, 1.82) is 0 Å². The predicted octanol–water partition coefficient (Wildman–Crippen LogP) is 4.81. The van der Waals surface area contributed by atoms with E-state index < -0.39 is 0 Å². The molecule has 0 spiro atoms. The molecule has 0 unspecified atom stereocenters. The zero-order chi connectivity index (χ0) is 13.3. The minimum absolute atomic E-state index is 0.692. The van der Waals surface area contributed by atoms with Gasteiger partial charge in [0.25, 0.3) is 0 Å². The van der Waals surface area contributed by atoms with Crippen molar-refractivity contribution in [2.45, 2.75) is 20.8 Å². The summed E-state index contributed by atoms with van der Waals surface area (Å²) in [5.74, 6) is 0. The summed E-state index contributed by atoms with van der Waals surface area (Å²) in [6.07, 6.45) is 4.92. The van der Waals surface area contributed by atoms with Gasteiger partial charge in [0.1, 0.15) is 6.29 Å². The highest BCUT2D eigenvalue weighted by Gasteiger charge is 1.96. The first-order chi connectivity index (χ1) is 8.17. The van der Waals surface area contributed by atoms with Gasteiger partial charge in [-0.3, -0.25) is 4.79 Å². The molecular formula is C15H20OS. The van der Waals surface area contributed by atoms with Crippen LogP contribution in [0.5, 0.6) is 0 Å². The van der Waals surface area contributed by atoms with Crippen molar-refractivity contribution in [2.24, 2.45) is 0 Å². The summed E-state index contributed by atoms with van der Waals surface area (Å²) in [7, 11) is 0. The third-order valence-corrected chi connectivity index (χ3v) is 2.88. The van der Waals surface area contributed by atoms with Crippen LogP contribution in [0.15, 0.2) is 41.8 Å². The summed E-state index contributed by atoms with van der Waals surface area (Å²) < 4.78 is 0. The first-order valence-electron chi connectivity index (χ1n) is 5.64. The Kier molecular flexibility index (Phi) is 8.16. The molecule has 0 atom stereocenters. The maximum absolute atomic E-state index is 10.5.